The first kappa shape index (κ1) is 20.9. The molecule has 0 saturated heterocycles. The van der Waals surface area contributed by atoms with E-state index in [1.165, 1.54) is 17.3 Å². The summed E-state index contributed by atoms with van der Waals surface area (Å²) in [6.07, 6.45) is 2.87. The smallest absolute Gasteiger partial charge is 0.243 e. The van der Waals surface area contributed by atoms with Crippen molar-refractivity contribution in [2.45, 2.75) is 38.9 Å². The van der Waals surface area contributed by atoms with E-state index in [4.69, 9.17) is 4.74 Å². The van der Waals surface area contributed by atoms with Crippen LogP contribution in [0.25, 0.3) is 11.4 Å². The Balaban J connectivity index is 1.66. The molecule has 0 aliphatic heterocycles. The highest BCUT2D eigenvalue weighted by molar-refractivity contribution is 7.99. The lowest BCUT2D eigenvalue weighted by molar-refractivity contribution is -0.113. The highest BCUT2D eigenvalue weighted by atomic mass is 32.2. The van der Waals surface area contributed by atoms with Crippen LogP contribution in [0.3, 0.4) is 0 Å². The van der Waals surface area contributed by atoms with Gasteiger partial charge in [0.15, 0.2) is 11.0 Å². The van der Waals surface area contributed by atoms with E-state index in [0.717, 1.165) is 24.2 Å². The number of nitrogens with zero attached hydrogens (tertiary/aromatic N) is 5. The van der Waals surface area contributed by atoms with Crippen LogP contribution in [-0.4, -0.2) is 42.8 Å². The van der Waals surface area contributed by atoms with Crippen LogP contribution in [0.4, 0.5) is 5.69 Å². The van der Waals surface area contributed by atoms with Gasteiger partial charge in [-0.1, -0.05) is 30.8 Å². The molecule has 0 fully saturated rings. The first-order chi connectivity index (χ1) is 14.0. The molecular formula is C20H26N6O2S. The minimum absolute atomic E-state index is 0.0855. The molecule has 9 heteroatoms. The maximum absolute atomic E-state index is 12.3. The lowest BCUT2D eigenvalue weighted by Gasteiger charge is -2.06. The molecule has 0 aliphatic carbocycles. The number of thioether (sulfide) groups is 1. The van der Waals surface area contributed by atoms with E-state index >= 15 is 0 Å². The van der Waals surface area contributed by atoms with Crippen LogP contribution in [-0.2, 0) is 24.8 Å². The van der Waals surface area contributed by atoms with Gasteiger partial charge in [0, 0.05) is 25.5 Å². The van der Waals surface area contributed by atoms with Crippen LogP contribution in [0.2, 0.25) is 0 Å². The van der Waals surface area contributed by atoms with Gasteiger partial charge in [0.1, 0.15) is 5.56 Å². The second kappa shape index (κ2) is 9.60. The SMILES string of the molecule is CCOc1nn(CC)cc1-c1nnc(SCC(=O)Nc2ccc(CC)cc2)n1C. The van der Waals surface area contributed by atoms with Crippen molar-refractivity contribution in [2.75, 3.05) is 17.7 Å². The molecule has 3 aromatic rings. The second-order valence-electron chi connectivity index (χ2n) is 6.39. The van der Waals surface area contributed by atoms with E-state index in [-0.39, 0.29) is 11.7 Å². The zero-order valence-electron chi connectivity index (χ0n) is 17.2. The molecular weight excluding hydrogens is 388 g/mol. The molecule has 8 nitrogen and oxygen atoms in total. The molecule has 0 bridgehead atoms. The Bertz CT molecular complexity index is 964. The third-order valence-corrected chi connectivity index (χ3v) is 5.41. The number of rotatable bonds is 9. The monoisotopic (exact) mass is 414 g/mol. The fraction of sp³-hybridized carbons (Fsp3) is 0.400. The van der Waals surface area contributed by atoms with Gasteiger partial charge in [-0.2, -0.15) is 0 Å². The molecule has 0 saturated carbocycles. The number of hydrogen-bond donors (Lipinski definition) is 1. The Morgan fingerprint density at radius 3 is 2.59 bits per heavy atom. The van der Waals surface area contributed by atoms with Crippen LogP contribution in [0.1, 0.15) is 26.3 Å². The van der Waals surface area contributed by atoms with Crippen molar-refractivity contribution in [3.8, 4) is 17.3 Å². The minimum Gasteiger partial charge on any atom is -0.476 e. The predicted molar refractivity (Wildman–Crippen MR) is 114 cm³/mol. The molecule has 2 heterocycles. The van der Waals surface area contributed by atoms with Crippen LogP contribution >= 0.6 is 11.8 Å². The Morgan fingerprint density at radius 1 is 1.17 bits per heavy atom. The summed E-state index contributed by atoms with van der Waals surface area (Å²) in [6, 6.07) is 7.87. The molecule has 0 unspecified atom stereocenters. The number of nitrogens with one attached hydrogen (secondary N) is 1. The van der Waals surface area contributed by atoms with Gasteiger partial charge >= 0.3 is 0 Å². The van der Waals surface area contributed by atoms with Gasteiger partial charge in [-0.15, -0.1) is 15.3 Å². The normalized spacial score (nSPS) is 10.9. The van der Waals surface area contributed by atoms with Crippen molar-refractivity contribution < 1.29 is 9.53 Å². The molecule has 2 aromatic heterocycles. The number of anilines is 1. The lowest BCUT2D eigenvalue weighted by atomic mass is 10.1. The molecule has 0 aliphatic rings. The zero-order valence-corrected chi connectivity index (χ0v) is 18.0. The first-order valence-electron chi connectivity index (χ1n) is 9.67. The van der Waals surface area contributed by atoms with Crippen molar-refractivity contribution in [3.63, 3.8) is 0 Å². The maximum atomic E-state index is 12.3. The number of hydrogen-bond acceptors (Lipinski definition) is 6. The summed E-state index contributed by atoms with van der Waals surface area (Å²) in [6.45, 7) is 7.29. The average molecular weight is 415 g/mol. The molecule has 3 rings (SSSR count). The predicted octanol–water partition coefficient (Wildman–Crippen LogP) is 3.39. The number of amides is 1. The van der Waals surface area contributed by atoms with Gasteiger partial charge in [0.2, 0.25) is 11.8 Å². The zero-order chi connectivity index (χ0) is 20.8. The highest BCUT2D eigenvalue weighted by Crippen LogP contribution is 2.29. The van der Waals surface area contributed by atoms with Crippen molar-refractivity contribution in [3.05, 3.63) is 36.0 Å². The summed E-state index contributed by atoms with van der Waals surface area (Å²) in [5, 5.41) is 16.5. The van der Waals surface area contributed by atoms with Gasteiger partial charge in [-0.25, -0.2) is 0 Å². The van der Waals surface area contributed by atoms with E-state index in [1.807, 2.05) is 55.9 Å². The molecule has 29 heavy (non-hydrogen) atoms. The van der Waals surface area contributed by atoms with Crippen molar-refractivity contribution in [1.29, 1.82) is 0 Å². The summed E-state index contributed by atoms with van der Waals surface area (Å²) in [7, 11) is 1.87. The van der Waals surface area contributed by atoms with Crippen LogP contribution in [0, 0.1) is 0 Å². The van der Waals surface area contributed by atoms with Crippen LogP contribution in [0.15, 0.2) is 35.6 Å². The van der Waals surface area contributed by atoms with E-state index in [2.05, 4.69) is 27.5 Å². The number of ether oxygens (including phenoxy) is 1. The van der Waals surface area contributed by atoms with Crippen molar-refractivity contribution in [2.24, 2.45) is 7.05 Å². The number of carbonyl (C=O) groups is 1. The topological polar surface area (TPSA) is 86.9 Å². The summed E-state index contributed by atoms with van der Waals surface area (Å²) in [4.78, 5) is 12.3. The third-order valence-electron chi connectivity index (χ3n) is 4.39. The van der Waals surface area contributed by atoms with E-state index in [1.54, 1.807) is 4.68 Å². The second-order valence-corrected chi connectivity index (χ2v) is 7.33. The molecule has 1 N–H and O–H groups in total. The fourth-order valence-corrected chi connectivity index (χ4v) is 3.50. The average Bonchev–Trinajstić information content (AvgIpc) is 3.30. The number of benzene rings is 1. The molecule has 1 aromatic carbocycles. The molecule has 0 spiro atoms. The third kappa shape index (κ3) is 4.97. The Labute approximate surface area is 174 Å². The van der Waals surface area contributed by atoms with E-state index in [9.17, 15) is 4.79 Å². The fourth-order valence-electron chi connectivity index (χ4n) is 2.79. The van der Waals surface area contributed by atoms with Crippen molar-refractivity contribution in [1.82, 2.24) is 24.5 Å². The first-order valence-corrected chi connectivity index (χ1v) is 10.7. The van der Waals surface area contributed by atoms with Gasteiger partial charge in [0.05, 0.1) is 12.4 Å². The highest BCUT2D eigenvalue weighted by Gasteiger charge is 2.19. The maximum Gasteiger partial charge on any atom is 0.243 e. The number of aromatic nitrogens is 5. The lowest BCUT2D eigenvalue weighted by Crippen LogP contribution is -2.14. The van der Waals surface area contributed by atoms with Crippen LogP contribution < -0.4 is 10.1 Å². The summed E-state index contributed by atoms with van der Waals surface area (Å²) < 4.78 is 9.29. The molecule has 0 atom stereocenters. The van der Waals surface area contributed by atoms with E-state index in [0.29, 0.717) is 23.5 Å². The van der Waals surface area contributed by atoms with Gasteiger partial charge in [-0.05, 0) is 38.0 Å². The number of aryl methyl sites for hydroxylation is 2. The Morgan fingerprint density at radius 2 is 1.93 bits per heavy atom. The quantitative estimate of drug-likeness (QED) is 0.540. The minimum atomic E-state index is -0.0855. The van der Waals surface area contributed by atoms with Crippen molar-refractivity contribution >= 4 is 23.4 Å². The largest absolute Gasteiger partial charge is 0.476 e. The Kier molecular flexibility index (Phi) is 6.92. The molecule has 1 amide bonds. The summed E-state index contributed by atoms with van der Waals surface area (Å²) in [5.74, 6) is 1.35. The van der Waals surface area contributed by atoms with Gasteiger partial charge in [-0.3, -0.25) is 9.48 Å². The van der Waals surface area contributed by atoms with Crippen LogP contribution in [0.5, 0.6) is 5.88 Å². The van der Waals surface area contributed by atoms with Gasteiger partial charge in [0.25, 0.3) is 0 Å². The summed E-state index contributed by atoms with van der Waals surface area (Å²) >= 11 is 1.34. The van der Waals surface area contributed by atoms with Gasteiger partial charge < -0.3 is 14.6 Å². The Hall–Kier alpha value is -2.81. The standard InChI is InChI=1S/C20H26N6O2S/c1-5-14-8-10-15(11-9-14)21-17(27)13-29-20-23-22-18(25(20)4)16-12-26(6-2)24-19(16)28-7-3/h8-12H,5-7,13H2,1-4H3,(H,21,27). The number of carbonyl (C=O) groups excluding carboxylic acids is 1. The summed E-state index contributed by atoms with van der Waals surface area (Å²) in [5.41, 5.74) is 2.82. The molecule has 0 radical (unpaired) electrons. The van der Waals surface area contributed by atoms with E-state index < -0.39 is 0 Å². The molecule has 154 valence electrons.